The second kappa shape index (κ2) is 7.31. The molecule has 0 aliphatic heterocycles. The van der Waals surface area contributed by atoms with Crippen molar-refractivity contribution in [1.82, 2.24) is 9.97 Å². The van der Waals surface area contributed by atoms with Crippen molar-refractivity contribution in [3.05, 3.63) is 76.2 Å². The molecule has 0 amide bonds. The van der Waals surface area contributed by atoms with Gasteiger partial charge in [0.1, 0.15) is 23.8 Å². The van der Waals surface area contributed by atoms with Crippen LogP contribution in [0.25, 0.3) is 0 Å². The number of nitrogens with zero attached hydrogens (tertiary/aromatic N) is 3. The van der Waals surface area contributed by atoms with Crippen molar-refractivity contribution >= 4 is 40.4 Å². The summed E-state index contributed by atoms with van der Waals surface area (Å²) in [6, 6.07) is 7.91. The van der Waals surface area contributed by atoms with Crippen LogP contribution in [0.15, 0.2) is 48.9 Å². The van der Waals surface area contributed by atoms with Crippen molar-refractivity contribution in [1.29, 1.82) is 0 Å². The molecule has 3 aromatic rings. The molecule has 3 rings (SSSR count). The number of halogens is 4. The van der Waals surface area contributed by atoms with E-state index in [1.807, 2.05) is 0 Å². The predicted molar refractivity (Wildman–Crippen MR) is 94.5 cm³/mol. The fourth-order valence-electron chi connectivity index (χ4n) is 2.47. The predicted octanol–water partition coefficient (Wildman–Crippen LogP) is 4.99. The number of nitrogens with two attached hydrogens (primary N) is 1. The van der Waals surface area contributed by atoms with Gasteiger partial charge >= 0.3 is 0 Å². The molecule has 0 unspecified atom stereocenters. The number of anilines is 3. The maximum atomic E-state index is 13.8. The summed E-state index contributed by atoms with van der Waals surface area (Å²) in [6.45, 7) is 0.102. The van der Waals surface area contributed by atoms with Crippen LogP contribution in [-0.2, 0) is 6.54 Å². The highest BCUT2D eigenvalue weighted by Gasteiger charge is 2.20. The first-order valence-electron chi connectivity index (χ1n) is 7.20. The quantitative estimate of drug-likeness (QED) is 0.692. The Balaban J connectivity index is 2.30. The summed E-state index contributed by atoms with van der Waals surface area (Å²) in [7, 11) is 0. The van der Waals surface area contributed by atoms with Crippen molar-refractivity contribution in [3.63, 3.8) is 0 Å². The third-order valence-corrected chi connectivity index (χ3v) is 4.04. The second-order valence-corrected chi connectivity index (χ2v) is 5.96. The van der Waals surface area contributed by atoms with E-state index < -0.39 is 11.6 Å². The third kappa shape index (κ3) is 3.71. The average Bonchev–Trinajstić information content (AvgIpc) is 2.55. The number of hydrogen-bond acceptors (Lipinski definition) is 4. The highest BCUT2D eigenvalue weighted by molar-refractivity contribution is 6.35. The lowest BCUT2D eigenvalue weighted by atomic mass is 10.1. The van der Waals surface area contributed by atoms with Crippen molar-refractivity contribution in [2.24, 2.45) is 5.73 Å². The summed E-state index contributed by atoms with van der Waals surface area (Å²) < 4.78 is 27.6. The van der Waals surface area contributed by atoms with Crippen LogP contribution in [0, 0.1) is 11.6 Å². The Kier molecular flexibility index (Phi) is 5.13. The Bertz CT molecular complexity index is 886. The van der Waals surface area contributed by atoms with Crippen LogP contribution in [0.3, 0.4) is 0 Å². The SMILES string of the molecule is NCc1c(Cl)cc(Cl)cc1N(c1cc(F)cc(F)c1)c1ccncn1. The largest absolute Gasteiger partial charge is 0.326 e. The van der Waals surface area contributed by atoms with Gasteiger partial charge in [0.25, 0.3) is 0 Å². The molecule has 0 spiro atoms. The molecular formula is C17H12Cl2F2N4. The van der Waals surface area contributed by atoms with Gasteiger partial charge in [0, 0.05) is 34.4 Å². The first kappa shape index (κ1) is 17.5. The normalized spacial score (nSPS) is 10.8. The lowest BCUT2D eigenvalue weighted by molar-refractivity contribution is 0.583. The molecule has 2 aromatic carbocycles. The van der Waals surface area contributed by atoms with Gasteiger partial charge in [-0.15, -0.1) is 0 Å². The lowest BCUT2D eigenvalue weighted by Gasteiger charge is -2.27. The molecule has 8 heteroatoms. The van der Waals surface area contributed by atoms with Gasteiger partial charge in [0.2, 0.25) is 0 Å². The van der Waals surface area contributed by atoms with Crippen molar-refractivity contribution in [2.75, 3.05) is 4.90 Å². The summed E-state index contributed by atoms with van der Waals surface area (Å²) in [5.41, 5.74) is 7.07. The van der Waals surface area contributed by atoms with E-state index in [1.54, 1.807) is 18.2 Å². The molecular weight excluding hydrogens is 369 g/mol. The van der Waals surface area contributed by atoms with Crippen molar-refractivity contribution in [2.45, 2.75) is 6.54 Å². The number of aromatic nitrogens is 2. The first-order chi connectivity index (χ1) is 12.0. The molecule has 0 aliphatic carbocycles. The average molecular weight is 381 g/mol. The fraction of sp³-hybridized carbons (Fsp3) is 0.0588. The van der Waals surface area contributed by atoms with Gasteiger partial charge in [-0.05, 0) is 30.3 Å². The summed E-state index contributed by atoms with van der Waals surface area (Å²) >= 11 is 12.4. The highest BCUT2D eigenvalue weighted by Crippen LogP contribution is 2.40. The summed E-state index contributed by atoms with van der Waals surface area (Å²) in [4.78, 5) is 9.56. The molecule has 128 valence electrons. The van der Waals surface area contributed by atoms with E-state index in [1.165, 1.54) is 29.6 Å². The van der Waals surface area contributed by atoms with Crippen LogP contribution in [0.2, 0.25) is 10.0 Å². The lowest BCUT2D eigenvalue weighted by Crippen LogP contribution is -2.16. The van der Waals surface area contributed by atoms with Crippen molar-refractivity contribution < 1.29 is 8.78 Å². The zero-order chi connectivity index (χ0) is 18.0. The van der Waals surface area contributed by atoms with Crippen LogP contribution in [-0.4, -0.2) is 9.97 Å². The minimum Gasteiger partial charge on any atom is -0.326 e. The second-order valence-electron chi connectivity index (χ2n) is 5.12. The molecule has 0 saturated heterocycles. The molecule has 4 nitrogen and oxygen atoms in total. The standard InChI is InChI=1S/C17H12Cl2F2N4/c18-10-3-15(19)14(8-22)16(4-10)25(17-1-2-23-9-24-17)13-6-11(20)5-12(21)7-13/h1-7,9H,8,22H2. The van der Waals surface area contributed by atoms with Crippen molar-refractivity contribution in [3.8, 4) is 0 Å². The molecule has 0 aliphatic rings. The minimum absolute atomic E-state index is 0.102. The highest BCUT2D eigenvalue weighted by atomic mass is 35.5. The van der Waals surface area contributed by atoms with Gasteiger partial charge in [-0.25, -0.2) is 18.7 Å². The smallest absolute Gasteiger partial charge is 0.140 e. The van der Waals surface area contributed by atoms with E-state index in [4.69, 9.17) is 28.9 Å². The fourth-order valence-corrected chi connectivity index (χ4v) is 3.03. The van der Waals surface area contributed by atoms with E-state index in [2.05, 4.69) is 9.97 Å². The van der Waals surface area contributed by atoms with Gasteiger partial charge in [-0.3, -0.25) is 4.90 Å². The molecule has 0 atom stereocenters. The van der Waals surface area contributed by atoms with Gasteiger partial charge < -0.3 is 5.73 Å². The van der Waals surface area contributed by atoms with Crippen LogP contribution in [0.1, 0.15) is 5.56 Å². The Morgan fingerprint density at radius 1 is 1.04 bits per heavy atom. The molecule has 25 heavy (non-hydrogen) atoms. The van der Waals surface area contributed by atoms with E-state index in [-0.39, 0.29) is 12.2 Å². The number of benzene rings is 2. The van der Waals surface area contributed by atoms with Crippen LogP contribution < -0.4 is 10.6 Å². The minimum atomic E-state index is -0.725. The molecule has 1 aromatic heterocycles. The van der Waals surface area contributed by atoms with E-state index in [9.17, 15) is 8.78 Å². The van der Waals surface area contributed by atoms with Crippen LogP contribution >= 0.6 is 23.2 Å². The molecule has 2 N–H and O–H groups in total. The Labute approximate surface area is 152 Å². The number of rotatable bonds is 4. The Hall–Kier alpha value is -2.28. The summed E-state index contributed by atoms with van der Waals surface area (Å²) in [5.74, 6) is -1.07. The van der Waals surface area contributed by atoms with Crippen LogP contribution in [0.5, 0.6) is 0 Å². The van der Waals surface area contributed by atoms with Crippen LogP contribution in [0.4, 0.5) is 26.0 Å². The van der Waals surface area contributed by atoms with E-state index >= 15 is 0 Å². The van der Waals surface area contributed by atoms with Gasteiger partial charge in [-0.2, -0.15) is 0 Å². The molecule has 0 fully saturated rings. The van der Waals surface area contributed by atoms with Gasteiger partial charge in [-0.1, -0.05) is 23.2 Å². The molecule has 0 bridgehead atoms. The van der Waals surface area contributed by atoms with E-state index in [0.717, 1.165) is 6.07 Å². The maximum absolute atomic E-state index is 13.8. The molecule has 0 radical (unpaired) electrons. The van der Waals surface area contributed by atoms with Gasteiger partial charge in [0.15, 0.2) is 0 Å². The zero-order valence-electron chi connectivity index (χ0n) is 12.8. The topological polar surface area (TPSA) is 55.0 Å². The Morgan fingerprint density at radius 3 is 2.36 bits per heavy atom. The van der Waals surface area contributed by atoms with E-state index in [0.29, 0.717) is 27.1 Å². The molecule has 1 heterocycles. The number of hydrogen-bond donors (Lipinski definition) is 1. The summed E-state index contributed by atoms with van der Waals surface area (Å²) in [6.07, 6.45) is 2.84. The maximum Gasteiger partial charge on any atom is 0.140 e. The zero-order valence-corrected chi connectivity index (χ0v) is 14.3. The van der Waals surface area contributed by atoms with Gasteiger partial charge in [0.05, 0.1) is 11.4 Å². The Morgan fingerprint density at radius 2 is 1.76 bits per heavy atom. The third-order valence-electron chi connectivity index (χ3n) is 3.48. The molecule has 0 saturated carbocycles. The summed E-state index contributed by atoms with van der Waals surface area (Å²) in [5, 5.41) is 0.703. The first-order valence-corrected chi connectivity index (χ1v) is 7.95. The monoisotopic (exact) mass is 380 g/mol.